The number of anilines is 1. The van der Waals surface area contributed by atoms with Crippen molar-refractivity contribution in [2.75, 3.05) is 17.7 Å². The fraction of sp³-hybridized carbons (Fsp3) is 0.450. The third-order valence-electron chi connectivity index (χ3n) is 5.96. The van der Waals surface area contributed by atoms with Crippen LogP contribution < -0.4 is 5.32 Å². The van der Waals surface area contributed by atoms with Crippen molar-refractivity contribution in [2.45, 2.75) is 42.8 Å². The molecule has 4 atom stereocenters. The molecule has 152 valence electrons. The van der Waals surface area contributed by atoms with Crippen molar-refractivity contribution < 1.29 is 14.9 Å². The lowest BCUT2D eigenvalue weighted by Crippen LogP contribution is -2.32. The van der Waals surface area contributed by atoms with Gasteiger partial charge in [0.25, 0.3) is 0 Å². The number of benzene rings is 1. The molecule has 3 heterocycles. The molecule has 2 unspecified atom stereocenters. The Labute approximate surface area is 172 Å². The van der Waals surface area contributed by atoms with Crippen molar-refractivity contribution in [2.24, 2.45) is 0 Å². The number of aromatic nitrogens is 4. The van der Waals surface area contributed by atoms with E-state index in [0.717, 1.165) is 19.4 Å². The van der Waals surface area contributed by atoms with Gasteiger partial charge in [0.2, 0.25) is 0 Å². The molecule has 0 radical (unpaired) electrons. The van der Waals surface area contributed by atoms with Gasteiger partial charge >= 0.3 is 0 Å². The van der Waals surface area contributed by atoms with E-state index in [1.165, 1.54) is 11.9 Å². The van der Waals surface area contributed by atoms with Gasteiger partial charge in [0.15, 0.2) is 23.2 Å². The number of hydrogen-bond donors (Lipinski definition) is 3. The molecule has 5 rings (SSSR count). The van der Waals surface area contributed by atoms with Crippen LogP contribution in [0.25, 0.3) is 11.2 Å². The highest BCUT2D eigenvalue weighted by atomic mass is 35.5. The Bertz CT molecular complexity index is 1010. The SMILES string of the molecule is OC1C(O)[C@@H](CCl)O[C@H]1n1cnc2c(NCC3(c4ccccc4)CC3)ncnc21. The van der Waals surface area contributed by atoms with Gasteiger partial charge in [0.1, 0.15) is 24.6 Å². The number of hydrogen-bond acceptors (Lipinski definition) is 7. The standard InChI is InChI=1S/C20H22ClN5O3/c21-8-13-15(27)16(28)19(29-13)26-11-25-14-17(23-10-24-18(14)26)22-9-20(6-7-20)12-4-2-1-3-5-12/h1-5,10-11,13,15-16,19,27-28H,6-9H2,(H,22,23,24)/t13-,15?,16?,19-/m1/s1. The number of aliphatic hydroxyl groups is 2. The van der Waals surface area contributed by atoms with Crippen LogP contribution >= 0.6 is 11.6 Å². The first-order chi connectivity index (χ1) is 14.1. The van der Waals surface area contributed by atoms with E-state index < -0.39 is 24.5 Å². The molecule has 2 fully saturated rings. The minimum atomic E-state index is -1.12. The van der Waals surface area contributed by atoms with Crippen LogP contribution in [0.1, 0.15) is 24.6 Å². The fourth-order valence-electron chi connectivity index (χ4n) is 4.02. The van der Waals surface area contributed by atoms with Gasteiger partial charge in [-0.05, 0) is 18.4 Å². The molecule has 1 aliphatic carbocycles. The summed E-state index contributed by atoms with van der Waals surface area (Å²) in [5.41, 5.74) is 2.57. The van der Waals surface area contributed by atoms with Crippen molar-refractivity contribution >= 4 is 28.6 Å². The second-order valence-electron chi connectivity index (χ2n) is 7.75. The van der Waals surface area contributed by atoms with Crippen LogP contribution in [0.5, 0.6) is 0 Å². The van der Waals surface area contributed by atoms with Gasteiger partial charge in [0, 0.05) is 12.0 Å². The summed E-state index contributed by atoms with van der Waals surface area (Å²) in [6.07, 6.45) is 1.65. The topological polar surface area (TPSA) is 105 Å². The monoisotopic (exact) mass is 415 g/mol. The van der Waals surface area contributed by atoms with E-state index in [2.05, 4.69) is 44.5 Å². The molecule has 1 aliphatic heterocycles. The first-order valence-corrected chi connectivity index (χ1v) is 10.2. The predicted octanol–water partition coefficient (Wildman–Crippen LogP) is 1.83. The van der Waals surface area contributed by atoms with E-state index in [1.807, 2.05) is 6.07 Å². The first kappa shape index (κ1) is 18.7. The molecule has 2 aliphatic rings. The number of nitrogens with zero attached hydrogens (tertiary/aromatic N) is 4. The fourth-order valence-corrected chi connectivity index (χ4v) is 4.27. The molecule has 29 heavy (non-hydrogen) atoms. The lowest BCUT2D eigenvalue weighted by Gasteiger charge is -2.18. The average Bonchev–Trinajstić information content (AvgIpc) is 3.35. The van der Waals surface area contributed by atoms with Gasteiger partial charge in [-0.25, -0.2) is 15.0 Å². The zero-order valence-corrected chi connectivity index (χ0v) is 16.4. The number of imidazole rings is 1. The Kier molecular flexibility index (Phi) is 4.66. The van der Waals surface area contributed by atoms with Crippen molar-refractivity contribution in [1.29, 1.82) is 0 Å². The molecular weight excluding hydrogens is 394 g/mol. The summed E-state index contributed by atoms with van der Waals surface area (Å²) in [5, 5.41) is 23.9. The van der Waals surface area contributed by atoms with E-state index in [1.54, 1.807) is 10.9 Å². The van der Waals surface area contributed by atoms with Crippen LogP contribution in [-0.2, 0) is 10.2 Å². The second kappa shape index (κ2) is 7.21. The number of rotatable bonds is 6. The summed E-state index contributed by atoms with van der Waals surface area (Å²) < 4.78 is 7.34. The zero-order valence-electron chi connectivity index (χ0n) is 15.6. The van der Waals surface area contributed by atoms with Gasteiger partial charge in [-0.2, -0.15) is 0 Å². The molecule has 3 N–H and O–H groups in total. The third kappa shape index (κ3) is 3.16. The summed E-state index contributed by atoms with van der Waals surface area (Å²) in [7, 11) is 0. The molecule has 8 nitrogen and oxygen atoms in total. The van der Waals surface area contributed by atoms with Gasteiger partial charge in [-0.1, -0.05) is 30.3 Å². The molecule has 2 aromatic heterocycles. The smallest absolute Gasteiger partial charge is 0.167 e. The third-order valence-corrected chi connectivity index (χ3v) is 6.26. The van der Waals surface area contributed by atoms with Crippen molar-refractivity contribution in [3.63, 3.8) is 0 Å². The maximum Gasteiger partial charge on any atom is 0.167 e. The van der Waals surface area contributed by atoms with Gasteiger partial charge in [-0.15, -0.1) is 11.6 Å². The van der Waals surface area contributed by atoms with Crippen molar-refractivity contribution in [3.05, 3.63) is 48.5 Å². The summed E-state index contributed by atoms with van der Waals surface area (Å²) in [6.45, 7) is 0.756. The van der Waals surface area contributed by atoms with E-state index >= 15 is 0 Å². The quantitative estimate of drug-likeness (QED) is 0.527. The second-order valence-corrected chi connectivity index (χ2v) is 8.06. The van der Waals surface area contributed by atoms with Crippen molar-refractivity contribution in [1.82, 2.24) is 19.5 Å². The maximum atomic E-state index is 10.4. The van der Waals surface area contributed by atoms with Gasteiger partial charge in [-0.3, -0.25) is 4.57 Å². The zero-order chi connectivity index (χ0) is 20.0. The maximum absolute atomic E-state index is 10.4. The molecule has 0 spiro atoms. The molecule has 0 amide bonds. The number of halogens is 1. The molecule has 1 saturated heterocycles. The molecular formula is C20H22ClN5O3. The van der Waals surface area contributed by atoms with Crippen LogP contribution in [0.3, 0.4) is 0 Å². The Morgan fingerprint density at radius 2 is 1.93 bits per heavy atom. The van der Waals surface area contributed by atoms with Crippen LogP contribution in [0.2, 0.25) is 0 Å². The number of aliphatic hydroxyl groups excluding tert-OH is 2. The van der Waals surface area contributed by atoms with E-state index in [9.17, 15) is 10.2 Å². The highest BCUT2D eigenvalue weighted by Gasteiger charge is 2.45. The highest BCUT2D eigenvalue weighted by Crippen LogP contribution is 2.48. The highest BCUT2D eigenvalue weighted by molar-refractivity contribution is 6.18. The van der Waals surface area contributed by atoms with Gasteiger partial charge < -0.3 is 20.3 Å². The first-order valence-electron chi connectivity index (χ1n) is 9.67. The minimum Gasteiger partial charge on any atom is -0.387 e. The Morgan fingerprint density at radius 3 is 2.62 bits per heavy atom. The van der Waals surface area contributed by atoms with Crippen LogP contribution in [0, 0.1) is 0 Å². The van der Waals surface area contributed by atoms with Gasteiger partial charge in [0.05, 0.1) is 12.2 Å². The van der Waals surface area contributed by atoms with Crippen LogP contribution in [0.4, 0.5) is 5.82 Å². The Balaban J connectivity index is 1.40. The lowest BCUT2D eigenvalue weighted by molar-refractivity contribution is -0.0291. The summed E-state index contributed by atoms with van der Waals surface area (Å²) in [5.74, 6) is 0.725. The molecule has 9 heteroatoms. The van der Waals surface area contributed by atoms with E-state index in [-0.39, 0.29) is 11.3 Å². The predicted molar refractivity (Wildman–Crippen MR) is 108 cm³/mol. The summed E-state index contributed by atoms with van der Waals surface area (Å²) in [6, 6.07) is 10.5. The molecule has 0 bridgehead atoms. The number of alkyl halides is 1. The number of ether oxygens (including phenoxy) is 1. The molecule has 3 aromatic rings. The minimum absolute atomic E-state index is 0.0880. The Morgan fingerprint density at radius 1 is 1.14 bits per heavy atom. The number of nitrogens with one attached hydrogen (secondary N) is 1. The van der Waals surface area contributed by atoms with Crippen LogP contribution in [-0.4, -0.2) is 60.5 Å². The largest absolute Gasteiger partial charge is 0.387 e. The Hall–Kier alpha value is -2.26. The molecule has 1 aromatic carbocycles. The van der Waals surface area contributed by atoms with Crippen molar-refractivity contribution in [3.8, 4) is 0 Å². The average molecular weight is 416 g/mol. The van der Waals surface area contributed by atoms with E-state index in [4.69, 9.17) is 16.3 Å². The summed E-state index contributed by atoms with van der Waals surface area (Å²) >= 11 is 5.82. The molecule has 1 saturated carbocycles. The summed E-state index contributed by atoms with van der Waals surface area (Å²) in [4.78, 5) is 13.1. The van der Waals surface area contributed by atoms with E-state index in [0.29, 0.717) is 17.0 Å². The normalized spacial score (nSPS) is 28.0. The number of fused-ring (bicyclic) bond motifs is 1. The lowest BCUT2D eigenvalue weighted by atomic mass is 9.96. The van der Waals surface area contributed by atoms with Crippen LogP contribution in [0.15, 0.2) is 43.0 Å².